The molecule has 1 heterocycles. The Hall–Kier alpha value is 0.560. The highest BCUT2D eigenvalue weighted by Crippen LogP contribution is 1.95. The molecule has 0 saturated heterocycles. The first-order valence-electron chi connectivity index (χ1n) is 3.16. The number of aromatic amines is 1. The van der Waals surface area contributed by atoms with E-state index in [1.165, 1.54) is 6.33 Å². The number of H-pyrrole nitrogens is 1. The molecular weight excluding hydrogens is 466 g/mol. The Morgan fingerprint density at radius 3 is 2.33 bits per heavy atom. The third kappa shape index (κ3) is 9.49. The van der Waals surface area contributed by atoms with E-state index in [0.29, 0.717) is 0 Å². The van der Waals surface area contributed by atoms with E-state index in [4.69, 9.17) is 10.8 Å². The zero-order valence-corrected chi connectivity index (χ0v) is 14.3. The first kappa shape index (κ1) is 24.7. The van der Waals surface area contributed by atoms with Crippen LogP contribution in [0.3, 0.4) is 0 Å². The van der Waals surface area contributed by atoms with Gasteiger partial charge in [-0.1, -0.05) is 0 Å². The topological polar surface area (TPSA) is 92.0 Å². The van der Waals surface area contributed by atoms with Gasteiger partial charge >= 0.3 is 5.97 Å². The lowest BCUT2D eigenvalue weighted by Gasteiger charge is -2.02. The minimum absolute atomic E-state index is 0. The minimum Gasteiger partial charge on any atom is -0.480 e. The lowest BCUT2D eigenvalue weighted by Crippen LogP contribution is -2.32. The Morgan fingerprint density at radius 2 is 2.00 bits per heavy atom. The van der Waals surface area contributed by atoms with Gasteiger partial charge in [0.2, 0.25) is 0 Å². The summed E-state index contributed by atoms with van der Waals surface area (Å²) in [6.07, 6.45) is 3.34. The monoisotopic (exact) mass is 475 g/mol. The molecule has 0 aliphatic rings. The number of carboxylic acids is 1. The Morgan fingerprint density at radius 1 is 1.47 bits per heavy atom. The van der Waals surface area contributed by atoms with Crippen molar-refractivity contribution >= 4 is 73.9 Å². The predicted molar refractivity (Wildman–Crippen MR) is 79.2 cm³/mol. The summed E-state index contributed by atoms with van der Waals surface area (Å²) in [4.78, 5) is 16.8. The van der Waals surface area contributed by atoms with Crippen molar-refractivity contribution in [2.24, 2.45) is 5.73 Å². The van der Waals surface area contributed by atoms with E-state index < -0.39 is 12.0 Å². The number of rotatable bonds is 3. The lowest BCUT2D eigenvalue weighted by molar-refractivity contribution is -0.138. The van der Waals surface area contributed by atoms with Crippen LogP contribution in [0.1, 0.15) is 5.69 Å². The summed E-state index contributed by atoms with van der Waals surface area (Å²) >= 11 is 0. The summed E-state index contributed by atoms with van der Waals surface area (Å²) in [6, 6.07) is -0.851. The van der Waals surface area contributed by atoms with E-state index in [-0.39, 0.29) is 74.3 Å². The average molecular weight is 479 g/mol. The molecule has 0 bridgehead atoms. The van der Waals surface area contributed by atoms with Crippen molar-refractivity contribution in [3.63, 3.8) is 0 Å². The molecule has 0 unspecified atom stereocenters. The number of imidazole rings is 1. The smallest absolute Gasteiger partial charge is 0.320 e. The van der Waals surface area contributed by atoms with Crippen LogP contribution < -0.4 is 5.73 Å². The van der Waals surface area contributed by atoms with Crippen molar-refractivity contribution in [3.8, 4) is 0 Å². The fourth-order valence-corrected chi connectivity index (χ4v) is 0.721. The van der Waals surface area contributed by atoms with Gasteiger partial charge in [0, 0.05) is 18.3 Å². The van der Waals surface area contributed by atoms with Crippen LogP contribution in [0.15, 0.2) is 12.5 Å². The normalized spacial score (nSPS) is 9.40. The van der Waals surface area contributed by atoms with Gasteiger partial charge in [0.1, 0.15) is 6.04 Å². The summed E-state index contributed by atoms with van der Waals surface area (Å²) in [5.74, 6) is -1.00. The molecule has 0 aliphatic heterocycles. The molecule has 4 N–H and O–H groups in total. The molecule has 92 valence electrons. The Balaban J connectivity index is -0.000000151. The largest absolute Gasteiger partial charge is 0.480 e. The SMILES string of the molecule is Br.Br.Br.Br.N[C@H](Cc1cnc[nH]1)C(=O)O. The van der Waals surface area contributed by atoms with Crippen LogP contribution in [-0.4, -0.2) is 27.1 Å². The van der Waals surface area contributed by atoms with E-state index in [2.05, 4.69) is 9.97 Å². The van der Waals surface area contributed by atoms with Crippen molar-refractivity contribution in [3.05, 3.63) is 18.2 Å². The van der Waals surface area contributed by atoms with Gasteiger partial charge in [-0.25, -0.2) is 4.98 Å². The van der Waals surface area contributed by atoms with E-state index in [0.717, 1.165) is 5.69 Å². The lowest BCUT2D eigenvalue weighted by atomic mass is 10.2. The Kier molecular flexibility index (Phi) is 20.8. The number of carbonyl (C=O) groups is 1. The van der Waals surface area contributed by atoms with Gasteiger partial charge in [0.15, 0.2) is 0 Å². The minimum atomic E-state index is -1.00. The average Bonchev–Trinajstić information content (AvgIpc) is 2.39. The van der Waals surface area contributed by atoms with Crippen LogP contribution in [0.5, 0.6) is 0 Å². The number of hydrogen-bond acceptors (Lipinski definition) is 3. The van der Waals surface area contributed by atoms with Crippen molar-refractivity contribution in [1.29, 1.82) is 0 Å². The van der Waals surface area contributed by atoms with E-state index >= 15 is 0 Å². The fraction of sp³-hybridized carbons (Fsp3) is 0.333. The number of halogens is 4. The quantitative estimate of drug-likeness (QED) is 0.616. The molecule has 1 aromatic rings. The summed E-state index contributed by atoms with van der Waals surface area (Å²) in [5.41, 5.74) is 6.00. The standard InChI is InChI=1S/C6H9N3O2.4BrH/c7-5(6(10)11)1-4-2-8-3-9-4;;;;/h2-3,5H,1,7H2,(H,8,9)(H,10,11);4*1H/t5-;;;;/m1..../s1. The number of nitrogens with two attached hydrogens (primary N) is 1. The number of hydrogen-bond donors (Lipinski definition) is 3. The van der Waals surface area contributed by atoms with Crippen molar-refractivity contribution < 1.29 is 9.90 Å². The Bertz CT molecular complexity index is 245. The van der Waals surface area contributed by atoms with Crippen LogP contribution in [0, 0.1) is 0 Å². The van der Waals surface area contributed by atoms with Crippen molar-refractivity contribution in [2.45, 2.75) is 12.5 Å². The second kappa shape index (κ2) is 12.6. The first-order valence-corrected chi connectivity index (χ1v) is 3.16. The summed E-state index contributed by atoms with van der Waals surface area (Å²) in [5, 5.41) is 8.42. The van der Waals surface area contributed by atoms with Crippen LogP contribution in [0.25, 0.3) is 0 Å². The third-order valence-corrected chi connectivity index (χ3v) is 1.31. The first-order chi connectivity index (χ1) is 5.20. The molecule has 0 aromatic carbocycles. The number of aliphatic carboxylic acids is 1. The van der Waals surface area contributed by atoms with Crippen LogP contribution in [0.4, 0.5) is 0 Å². The number of nitrogens with one attached hydrogen (secondary N) is 1. The highest BCUT2D eigenvalue weighted by molar-refractivity contribution is 8.93. The molecule has 0 saturated carbocycles. The summed E-state index contributed by atoms with van der Waals surface area (Å²) < 4.78 is 0. The molecule has 0 aliphatic carbocycles. The number of carboxylic acid groups (broad SMARTS) is 1. The molecule has 1 rings (SSSR count). The Labute approximate surface area is 129 Å². The molecule has 9 heteroatoms. The van der Waals surface area contributed by atoms with E-state index in [1.54, 1.807) is 6.20 Å². The van der Waals surface area contributed by atoms with E-state index in [9.17, 15) is 4.79 Å². The molecule has 15 heavy (non-hydrogen) atoms. The third-order valence-electron chi connectivity index (χ3n) is 1.31. The second-order valence-corrected chi connectivity index (χ2v) is 2.23. The van der Waals surface area contributed by atoms with Crippen LogP contribution in [0.2, 0.25) is 0 Å². The molecule has 5 nitrogen and oxygen atoms in total. The van der Waals surface area contributed by atoms with Crippen molar-refractivity contribution in [2.75, 3.05) is 0 Å². The number of aromatic nitrogens is 2. The van der Waals surface area contributed by atoms with E-state index in [1.807, 2.05) is 0 Å². The van der Waals surface area contributed by atoms with Gasteiger partial charge in [-0.3, -0.25) is 4.79 Å². The van der Waals surface area contributed by atoms with Gasteiger partial charge in [-0.05, 0) is 0 Å². The van der Waals surface area contributed by atoms with Gasteiger partial charge in [0.05, 0.1) is 6.33 Å². The molecule has 1 atom stereocenters. The maximum atomic E-state index is 10.3. The van der Waals surface area contributed by atoms with Crippen molar-refractivity contribution in [1.82, 2.24) is 9.97 Å². The van der Waals surface area contributed by atoms with Gasteiger partial charge in [-0.15, -0.1) is 67.9 Å². The molecule has 0 radical (unpaired) electrons. The zero-order chi connectivity index (χ0) is 8.27. The maximum absolute atomic E-state index is 10.3. The fourth-order valence-electron chi connectivity index (χ4n) is 0.721. The predicted octanol–water partition coefficient (Wildman–Crippen LogP) is 1.68. The number of nitrogens with zero attached hydrogens (tertiary/aromatic N) is 1. The van der Waals surface area contributed by atoms with Crippen LogP contribution >= 0.6 is 67.9 Å². The van der Waals surface area contributed by atoms with Gasteiger partial charge in [0.25, 0.3) is 0 Å². The molecular formula is C6H13Br4N3O2. The summed E-state index contributed by atoms with van der Waals surface area (Å²) in [6.45, 7) is 0. The molecule has 1 aromatic heterocycles. The molecule has 0 amide bonds. The zero-order valence-electron chi connectivity index (χ0n) is 7.45. The molecule has 0 spiro atoms. The van der Waals surface area contributed by atoms with Gasteiger partial charge < -0.3 is 15.8 Å². The van der Waals surface area contributed by atoms with Gasteiger partial charge in [-0.2, -0.15) is 0 Å². The second-order valence-electron chi connectivity index (χ2n) is 2.23. The van der Waals surface area contributed by atoms with Crippen LogP contribution in [-0.2, 0) is 11.2 Å². The maximum Gasteiger partial charge on any atom is 0.320 e. The summed E-state index contributed by atoms with van der Waals surface area (Å²) in [7, 11) is 0. The highest BCUT2D eigenvalue weighted by Gasteiger charge is 2.11. The molecule has 0 fully saturated rings. The highest BCUT2D eigenvalue weighted by atomic mass is 79.9.